The van der Waals surface area contributed by atoms with Crippen molar-refractivity contribution in [3.63, 3.8) is 0 Å². The molecule has 1 aromatic rings. The molecule has 4 heteroatoms. The normalized spacial score (nSPS) is 31.7. The van der Waals surface area contributed by atoms with E-state index in [-0.39, 0.29) is 12.0 Å². The lowest BCUT2D eigenvalue weighted by atomic mass is 9.89. The molecular formula is C15H22N2O2. The minimum Gasteiger partial charge on any atom is -0.393 e. The second-order valence-electron chi connectivity index (χ2n) is 5.65. The summed E-state index contributed by atoms with van der Waals surface area (Å²) in [6, 6.07) is 4.60. The maximum Gasteiger partial charge on any atom is 0.0632 e. The van der Waals surface area contributed by atoms with Crippen LogP contribution in [-0.2, 0) is 4.74 Å². The molecule has 0 bridgehead atoms. The number of nitrogens with zero attached hydrogens (tertiary/aromatic N) is 2. The van der Waals surface area contributed by atoms with Gasteiger partial charge in [0.2, 0.25) is 0 Å². The Bertz CT molecular complexity index is 438. The third-order valence-electron chi connectivity index (χ3n) is 4.37. The van der Waals surface area contributed by atoms with E-state index in [1.54, 1.807) is 0 Å². The second-order valence-corrected chi connectivity index (χ2v) is 5.65. The highest BCUT2D eigenvalue weighted by Gasteiger charge is 2.37. The number of hydrogen-bond acceptors (Lipinski definition) is 4. The number of hydrogen-bond donors (Lipinski definition) is 1. The third kappa shape index (κ3) is 2.60. The molecule has 0 radical (unpaired) electrons. The molecule has 2 saturated heterocycles. The van der Waals surface area contributed by atoms with Crippen LogP contribution in [-0.4, -0.2) is 42.0 Å². The van der Waals surface area contributed by atoms with Gasteiger partial charge in [0.05, 0.1) is 12.7 Å². The number of anilines is 1. The molecule has 0 amide bonds. The minimum absolute atomic E-state index is 0.220. The smallest absolute Gasteiger partial charge is 0.0632 e. The predicted octanol–water partition coefficient (Wildman–Crippen LogP) is 1.76. The van der Waals surface area contributed by atoms with Crippen LogP contribution < -0.4 is 4.90 Å². The molecule has 0 unspecified atom stereocenters. The Kier molecular flexibility index (Phi) is 3.71. The van der Waals surface area contributed by atoms with Gasteiger partial charge in [-0.2, -0.15) is 0 Å². The molecule has 2 aliphatic rings. The van der Waals surface area contributed by atoms with E-state index in [4.69, 9.17) is 4.74 Å². The first-order valence-electron chi connectivity index (χ1n) is 7.21. The SMILES string of the molecule is Cc1cc(N2CCC[C@@H]2[C@@H]2COCC[C@H]2O)ccn1. The van der Waals surface area contributed by atoms with Crippen LogP contribution in [0, 0.1) is 12.8 Å². The summed E-state index contributed by atoms with van der Waals surface area (Å²) in [6.07, 6.45) is 4.75. The topological polar surface area (TPSA) is 45.6 Å². The van der Waals surface area contributed by atoms with Gasteiger partial charge in [0.25, 0.3) is 0 Å². The molecule has 3 atom stereocenters. The number of aryl methyl sites for hydroxylation is 1. The zero-order chi connectivity index (χ0) is 13.2. The summed E-state index contributed by atoms with van der Waals surface area (Å²) in [6.45, 7) is 4.47. The van der Waals surface area contributed by atoms with Gasteiger partial charge in [0.15, 0.2) is 0 Å². The van der Waals surface area contributed by atoms with E-state index in [9.17, 15) is 5.11 Å². The van der Waals surface area contributed by atoms with Crippen molar-refractivity contribution in [1.29, 1.82) is 0 Å². The van der Waals surface area contributed by atoms with E-state index in [1.807, 2.05) is 13.1 Å². The first kappa shape index (κ1) is 12.9. The van der Waals surface area contributed by atoms with E-state index in [2.05, 4.69) is 22.0 Å². The molecule has 19 heavy (non-hydrogen) atoms. The lowest BCUT2D eigenvalue weighted by Gasteiger charge is -2.38. The first-order valence-corrected chi connectivity index (χ1v) is 7.21. The average molecular weight is 262 g/mol. The molecule has 2 fully saturated rings. The number of aromatic nitrogens is 1. The summed E-state index contributed by atoms with van der Waals surface area (Å²) in [5.74, 6) is 0.240. The first-order chi connectivity index (χ1) is 9.25. The van der Waals surface area contributed by atoms with Gasteiger partial charge < -0.3 is 14.7 Å². The van der Waals surface area contributed by atoms with Crippen molar-refractivity contribution in [1.82, 2.24) is 4.98 Å². The monoisotopic (exact) mass is 262 g/mol. The molecule has 0 saturated carbocycles. The molecule has 1 N–H and O–H groups in total. The second kappa shape index (κ2) is 5.47. The van der Waals surface area contributed by atoms with Crippen molar-refractivity contribution in [3.05, 3.63) is 24.0 Å². The molecule has 0 aromatic carbocycles. The summed E-state index contributed by atoms with van der Waals surface area (Å²) in [5, 5.41) is 10.2. The van der Waals surface area contributed by atoms with Crippen molar-refractivity contribution in [3.8, 4) is 0 Å². The Morgan fingerprint density at radius 3 is 3.11 bits per heavy atom. The fourth-order valence-electron chi connectivity index (χ4n) is 3.38. The van der Waals surface area contributed by atoms with Gasteiger partial charge in [0, 0.05) is 42.7 Å². The van der Waals surface area contributed by atoms with E-state index in [0.29, 0.717) is 19.3 Å². The van der Waals surface area contributed by atoms with Crippen LogP contribution in [0.3, 0.4) is 0 Å². The molecule has 0 aliphatic carbocycles. The van der Waals surface area contributed by atoms with Crippen LogP contribution in [0.15, 0.2) is 18.3 Å². The Labute approximate surface area is 114 Å². The fraction of sp³-hybridized carbons (Fsp3) is 0.667. The Morgan fingerprint density at radius 1 is 1.42 bits per heavy atom. The van der Waals surface area contributed by atoms with Crippen LogP contribution in [0.25, 0.3) is 0 Å². The highest BCUT2D eigenvalue weighted by Crippen LogP contribution is 2.33. The quantitative estimate of drug-likeness (QED) is 0.882. The van der Waals surface area contributed by atoms with E-state index in [1.165, 1.54) is 12.1 Å². The highest BCUT2D eigenvalue weighted by atomic mass is 16.5. The fourth-order valence-corrected chi connectivity index (χ4v) is 3.38. The highest BCUT2D eigenvalue weighted by molar-refractivity contribution is 5.48. The number of pyridine rings is 1. The largest absolute Gasteiger partial charge is 0.393 e. The molecule has 0 spiro atoms. The van der Waals surface area contributed by atoms with Crippen molar-refractivity contribution in [2.75, 3.05) is 24.7 Å². The van der Waals surface area contributed by atoms with Gasteiger partial charge in [0.1, 0.15) is 0 Å². The molecule has 1 aromatic heterocycles. The van der Waals surface area contributed by atoms with Gasteiger partial charge in [-0.15, -0.1) is 0 Å². The standard InChI is InChI=1S/C15H22N2O2/c1-11-9-12(4-6-16-11)17-7-2-3-14(17)13-10-19-8-5-15(13)18/h4,6,9,13-15,18H,2-3,5,7-8,10H2,1H3/t13-,14+,15+/m0/s1. The van der Waals surface area contributed by atoms with Crippen molar-refractivity contribution < 1.29 is 9.84 Å². The Morgan fingerprint density at radius 2 is 2.32 bits per heavy atom. The van der Waals surface area contributed by atoms with Crippen LogP contribution in [0.5, 0.6) is 0 Å². The summed E-state index contributed by atoms with van der Waals surface area (Å²) in [5.41, 5.74) is 2.27. The number of aliphatic hydroxyl groups is 1. The van der Waals surface area contributed by atoms with Gasteiger partial charge in [-0.25, -0.2) is 0 Å². The summed E-state index contributed by atoms with van der Waals surface area (Å²) >= 11 is 0. The van der Waals surface area contributed by atoms with Gasteiger partial charge >= 0.3 is 0 Å². The molecule has 2 aliphatic heterocycles. The van der Waals surface area contributed by atoms with Crippen LogP contribution in [0.2, 0.25) is 0 Å². The van der Waals surface area contributed by atoms with Gasteiger partial charge in [-0.1, -0.05) is 0 Å². The Balaban J connectivity index is 1.81. The van der Waals surface area contributed by atoms with E-state index < -0.39 is 0 Å². The molecule has 104 valence electrons. The number of ether oxygens (including phenoxy) is 1. The third-order valence-corrected chi connectivity index (χ3v) is 4.37. The van der Waals surface area contributed by atoms with Crippen molar-refractivity contribution >= 4 is 5.69 Å². The van der Waals surface area contributed by atoms with Crippen LogP contribution in [0.1, 0.15) is 25.0 Å². The zero-order valence-corrected chi connectivity index (χ0v) is 11.5. The number of rotatable bonds is 2. The van der Waals surface area contributed by atoms with Crippen molar-refractivity contribution in [2.24, 2.45) is 5.92 Å². The maximum atomic E-state index is 10.2. The molecule has 3 rings (SSSR count). The summed E-state index contributed by atoms with van der Waals surface area (Å²) in [4.78, 5) is 6.69. The van der Waals surface area contributed by atoms with E-state index in [0.717, 1.165) is 25.1 Å². The minimum atomic E-state index is -0.220. The van der Waals surface area contributed by atoms with Gasteiger partial charge in [-0.05, 0) is 38.3 Å². The predicted molar refractivity (Wildman–Crippen MR) is 74.3 cm³/mol. The van der Waals surface area contributed by atoms with Crippen LogP contribution in [0.4, 0.5) is 5.69 Å². The van der Waals surface area contributed by atoms with Crippen molar-refractivity contribution in [2.45, 2.75) is 38.3 Å². The lowest BCUT2D eigenvalue weighted by Crippen LogP contribution is -2.46. The average Bonchev–Trinajstić information content (AvgIpc) is 2.88. The van der Waals surface area contributed by atoms with Gasteiger partial charge in [-0.3, -0.25) is 4.98 Å². The molecule has 4 nitrogen and oxygen atoms in total. The maximum absolute atomic E-state index is 10.2. The summed E-state index contributed by atoms with van der Waals surface area (Å²) < 4.78 is 5.57. The molecular weight excluding hydrogens is 240 g/mol. The van der Waals surface area contributed by atoms with Crippen LogP contribution >= 0.6 is 0 Å². The molecule has 3 heterocycles. The number of aliphatic hydroxyl groups excluding tert-OH is 1. The van der Waals surface area contributed by atoms with E-state index >= 15 is 0 Å². The Hall–Kier alpha value is -1.13. The summed E-state index contributed by atoms with van der Waals surface area (Å²) in [7, 11) is 0. The zero-order valence-electron chi connectivity index (χ0n) is 11.5. The lowest BCUT2D eigenvalue weighted by molar-refractivity contribution is -0.0437.